The molecular formula is C23H18ClN3O4. The Hall–Kier alpha value is -3.71. The fraction of sp³-hybridized carbons (Fsp3) is 0.130. The summed E-state index contributed by atoms with van der Waals surface area (Å²) in [6.45, 7) is 0.403. The second-order valence-corrected chi connectivity index (χ2v) is 7.31. The number of ether oxygens (including phenoxy) is 1. The van der Waals surface area contributed by atoms with Gasteiger partial charge in [-0.1, -0.05) is 72.3 Å². The van der Waals surface area contributed by atoms with Crippen LogP contribution in [0, 0.1) is 10.1 Å². The minimum Gasteiger partial charge on any atom is -0.449 e. The molecule has 2 aromatic carbocycles. The summed E-state index contributed by atoms with van der Waals surface area (Å²) in [6, 6.07) is 16.2. The number of carbonyl (C=O) groups is 1. The van der Waals surface area contributed by atoms with E-state index in [-0.39, 0.29) is 29.8 Å². The number of aromatic nitrogens is 1. The van der Waals surface area contributed by atoms with Gasteiger partial charge in [-0.2, -0.15) is 0 Å². The predicted molar refractivity (Wildman–Crippen MR) is 118 cm³/mol. The molecule has 0 spiro atoms. The van der Waals surface area contributed by atoms with Gasteiger partial charge in [-0.15, -0.1) is 0 Å². The molecule has 0 unspecified atom stereocenters. The van der Waals surface area contributed by atoms with Crippen LogP contribution in [0.5, 0.6) is 0 Å². The van der Waals surface area contributed by atoms with Crippen LogP contribution < -0.4 is 5.32 Å². The second kappa shape index (κ2) is 8.97. The summed E-state index contributed by atoms with van der Waals surface area (Å²) in [5.74, 6) is -0.0107. The third-order valence-electron chi connectivity index (χ3n) is 5.09. The van der Waals surface area contributed by atoms with Gasteiger partial charge in [0.25, 0.3) is 0 Å². The number of amides is 1. The largest absolute Gasteiger partial charge is 0.449 e. The van der Waals surface area contributed by atoms with Crippen molar-refractivity contribution in [2.75, 3.05) is 13.2 Å². The lowest BCUT2D eigenvalue weighted by atomic mass is 9.98. The molecule has 1 amide bonds. The third kappa shape index (κ3) is 4.27. The molecule has 4 rings (SSSR count). The second-order valence-electron chi connectivity index (χ2n) is 6.93. The number of nitrogens with zero attached hydrogens (tertiary/aromatic N) is 2. The summed E-state index contributed by atoms with van der Waals surface area (Å²) in [4.78, 5) is 26.3. The fourth-order valence-corrected chi connectivity index (χ4v) is 3.90. The highest BCUT2D eigenvalue weighted by Gasteiger charge is 2.28. The van der Waals surface area contributed by atoms with Crippen molar-refractivity contribution in [3.8, 4) is 11.1 Å². The van der Waals surface area contributed by atoms with Crippen LogP contribution in [0.4, 0.5) is 10.5 Å². The van der Waals surface area contributed by atoms with Gasteiger partial charge in [-0.3, -0.25) is 15.1 Å². The average Bonchev–Trinajstić information content (AvgIpc) is 3.10. The molecule has 0 fully saturated rings. The number of rotatable bonds is 6. The van der Waals surface area contributed by atoms with Crippen molar-refractivity contribution in [3.63, 3.8) is 0 Å². The molecule has 7 nitrogen and oxygen atoms in total. The van der Waals surface area contributed by atoms with Crippen molar-refractivity contribution in [3.05, 3.63) is 98.8 Å². The van der Waals surface area contributed by atoms with E-state index in [1.807, 2.05) is 24.3 Å². The minimum absolute atomic E-state index is 0.00242. The van der Waals surface area contributed by atoms with Gasteiger partial charge in [0.05, 0.1) is 4.92 Å². The van der Waals surface area contributed by atoms with Crippen LogP contribution >= 0.6 is 11.6 Å². The number of halogens is 1. The Balaban J connectivity index is 1.34. The highest BCUT2D eigenvalue weighted by molar-refractivity contribution is 6.34. The number of alkyl carbamates (subject to hydrolysis) is 1. The predicted octanol–water partition coefficient (Wildman–Crippen LogP) is 5.20. The quantitative estimate of drug-likeness (QED) is 0.424. The molecule has 8 heteroatoms. The standard InChI is InChI=1S/C23H18ClN3O4/c24-22-15(12-25-13-21(22)27(29)30)6-5-11-26-23(28)31-14-20-18-9-3-1-7-16(18)17-8-2-4-10-19(17)20/h1-10,12-13,20H,11,14H2,(H,26,28). The van der Waals surface area contributed by atoms with Crippen LogP contribution in [0.2, 0.25) is 5.02 Å². The lowest BCUT2D eigenvalue weighted by Gasteiger charge is -2.14. The molecule has 1 aromatic heterocycles. The van der Waals surface area contributed by atoms with Crippen molar-refractivity contribution in [1.29, 1.82) is 0 Å². The summed E-state index contributed by atoms with van der Waals surface area (Å²) in [7, 11) is 0. The molecule has 0 atom stereocenters. The van der Waals surface area contributed by atoms with E-state index >= 15 is 0 Å². The number of carbonyl (C=O) groups excluding carboxylic acids is 1. The molecule has 0 saturated heterocycles. The van der Waals surface area contributed by atoms with Crippen molar-refractivity contribution in [2.24, 2.45) is 0 Å². The zero-order valence-corrected chi connectivity index (χ0v) is 17.1. The average molecular weight is 436 g/mol. The number of hydrogen-bond donors (Lipinski definition) is 1. The Morgan fingerprint density at radius 3 is 2.42 bits per heavy atom. The number of hydrogen-bond acceptors (Lipinski definition) is 5. The molecule has 1 heterocycles. The van der Waals surface area contributed by atoms with Crippen LogP contribution in [-0.4, -0.2) is 29.2 Å². The van der Waals surface area contributed by atoms with Gasteiger partial charge in [-0.25, -0.2) is 4.79 Å². The van der Waals surface area contributed by atoms with E-state index in [2.05, 4.69) is 34.6 Å². The number of benzene rings is 2. The summed E-state index contributed by atoms with van der Waals surface area (Å²) < 4.78 is 5.45. The van der Waals surface area contributed by atoms with E-state index in [9.17, 15) is 14.9 Å². The smallest absolute Gasteiger partial charge is 0.407 e. The topological polar surface area (TPSA) is 94.4 Å². The summed E-state index contributed by atoms with van der Waals surface area (Å²) in [5, 5.41) is 13.5. The van der Waals surface area contributed by atoms with Gasteiger partial charge in [0.1, 0.15) is 17.8 Å². The molecule has 156 valence electrons. The van der Waals surface area contributed by atoms with Crippen LogP contribution in [0.25, 0.3) is 17.2 Å². The SMILES string of the molecule is O=C(NCC=Cc1cncc([N+](=O)[O-])c1Cl)OCC1c2ccccc2-c2ccccc21. The third-order valence-corrected chi connectivity index (χ3v) is 5.50. The maximum Gasteiger partial charge on any atom is 0.407 e. The highest BCUT2D eigenvalue weighted by Crippen LogP contribution is 2.44. The Labute approximate surface area is 183 Å². The molecule has 0 bridgehead atoms. The van der Waals surface area contributed by atoms with Gasteiger partial charge in [0.15, 0.2) is 0 Å². The normalized spacial score (nSPS) is 12.4. The zero-order valence-electron chi connectivity index (χ0n) is 16.3. The first-order chi connectivity index (χ1) is 15.1. The van der Waals surface area contributed by atoms with E-state index in [4.69, 9.17) is 16.3 Å². The number of nitrogens with one attached hydrogen (secondary N) is 1. The first kappa shape index (κ1) is 20.6. The molecule has 31 heavy (non-hydrogen) atoms. The summed E-state index contributed by atoms with van der Waals surface area (Å²) in [6.07, 6.45) is 5.14. The summed E-state index contributed by atoms with van der Waals surface area (Å²) in [5.41, 5.74) is 4.74. The van der Waals surface area contributed by atoms with Crippen molar-refractivity contribution < 1.29 is 14.5 Å². The van der Waals surface area contributed by atoms with Gasteiger partial charge in [0.2, 0.25) is 0 Å². The summed E-state index contributed by atoms with van der Waals surface area (Å²) >= 11 is 6.01. The maximum absolute atomic E-state index is 12.2. The molecule has 0 saturated carbocycles. The van der Waals surface area contributed by atoms with Crippen LogP contribution in [-0.2, 0) is 4.74 Å². The lowest BCUT2D eigenvalue weighted by molar-refractivity contribution is -0.385. The Kier molecular flexibility index (Phi) is 5.95. The number of nitro groups is 1. The number of pyridine rings is 1. The first-order valence-corrected chi connectivity index (χ1v) is 9.97. The van der Waals surface area contributed by atoms with Crippen LogP contribution in [0.3, 0.4) is 0 Å². The highest BCUT2D eigenvalue weighted by atomic mass is 35.5. The van der Waals surface area contributed by atoms with Crippen LogP contribution in [0.15, 0.2) is 67.0 Å². The molecule has 1 aliphatic rings. The van der Waals surface area contributed by atoms with Crippen molar-refractivity contribution >= 4 is 29.5 Å². The Morgan fingerprint density at radius 2 is 1.77 bits per heavy atom. The van der Waals surface area contributed by atoms with Crippen molar-refractivity contribution in [2.45, 2.75) is 5.92 Å². The first-order valence-electron chi connectivity index (χ1n) is 9.59. The van der Waals surface area contributed by atoms with E-state index in [1.54, 1.807) is 12.2 Å². The number of fused-ring (bicyclic) bond motifs is 3. The van der Waals surface area contributed by atoms with E-state index in [1.165, 1.54) is 6.20 Å². The molecule has 0 aliphatic heterocycles. The Bertz CT molecular complexity index is 1130. The molecule has 0 radical (unpaired) electrons. The van der Waals surface area contributed by atoms with Gasteiger partial charge in [-0.05, 0) is 22.3 Å². The van der Waals surface area contributed by atoms with E-state index in [0.717, 1.165) is 28.5 Å². The van der Waals surface area contributed by atoms with Crippen molar-refractivity contribution in [1.82, 2.24) is 10.3 Å². The maximum atomic E-state index is 12.2. The van der Waals surface area contributed by atoms with E-state index < -0.39 is 11.0 Å². The molecule has 1 aliphatic carbocycles. The minimum atomic E-state index is -0.596. The fourth-order valence-electron chi connectivity index (χ4n) is 3.67. The van der Waals surface area contributed by atoms with Gasteiger partial charge < -0.3 is 10.1 Å². The van der Waals surface area contributed by atoms with Crippen LogP contribution in [0.1, 0.15) is 22.6 Å². The Morgan fingerprint density at radius 1 is 1.13 bits per heavy atom. The zero-order chi connectivity index (χ0) is 21.8. The molecule has 1 N–H and O–H groups in total. The molecular weight excluding hydrogens is 418 g/mol. The lowest BCUT2D eigenvalue weighted by Crippen LogP contribution is -2.26. The monoisotopic (exact) mass is 435 g/mol. The molecule has 3 aromatic rings. The van der Waals surface area contributed by atoms with E-state index in [0.29, 0.717) is 5.56 Å². The van der Waals surface area contributed by atoms with Gasteiger partial charge in [0, 0.05) is 24.2 Å². The van der Waals surface area contributed by atoms with Gasteiger partial charge >= 0.3 is 11.8 Å².